The van der Waals surface area contributed by atoms with Gasteiger partial charge in [0.1, 0.15) is 17.9 Å². The second-order valence-electron chi connectivity index (χ2n) is 7.90. The summed E-state index contributed by atoms with van der Waals surface area (Å²) >= 11 is 0. The van der Waals surface area contributed by atoms with Crippen molar-refractivity contribution in [2.45, 2.75) is 33.3 Å². The highest BCUT2D eigenvalue weighted by molar-refractivity contribution is 5.99. The van der Waals surface area contributed by atoms with Crippen LogP contribution in [0.25, 0.3) is 10.9 Å². The molecule has 2 aromatic heterocycles. The number of H-pyrrole nitrogens is 1. The maximum Gasteiger partial charge on any atom is 0.280 e. The van der Waals surface area contributed by atoms with Crippen molar-refractivity contribution in [3.05, 3.63) is 99.9 Å². The van der Waals surface area contributed by atoms with Crippen LogP contribution < -0.4 is 20.7 Å². The van der Waals surface area contributed by atoms with Crippen molar-refractivity contribution in [3.8, 4) is 5.75 Å². The fraction of sp³-hybridized carbons (Fsp3) is 0.200. The predicted octanol–water partition coefficient (Wildman–Crippen LogP) is 3.61. The van der Waals surface area contributed by atoms with Crippen molar-refractivity contribution < 1.29 is 14.5 Å². The van der Waals surface area contributed by atoms with Gasteiger partial charge in [-0.25, -0.2) is 9.97 Å². The van der Waals surface area contributed by atoms with Crippen molar-refractivity contribution in [3.63, 3.8) is 0 Å². The molecule has 0 spiro atoms. The van der Waals surface area contributed by atoms with Gasteiger partial charge >= 0.3 is 0 Å². The first-order valence-corrected chi connectivity index (χ1v) is 10.5. The molecule has 0 aliphatic heterocycles. The van der Waals surface area contributed by atoms with Crippen molar-refractivity contribution in [1.82, 2.24) is 9.66 Å². The number of hydrogen-bond donors (Lipinski definition) is 1. The molecule has 0 radical (unpaired) electrons. The zero-order valence-corrected chi connectivity index (χ0v) is 18.3. The second kappa shape index (κ2) is 9.01. The van der Waals surface area contributed by atoms with Crippen LogP contribution in [0.3, 0.4) is 0 Å². The lowest BCUT2D eigenvalue weighted by molar-refractivity contribution is -0.378. The first kappa shape index (κ1) is 21.2. The normalized spacial score (nSPS) is 11.0. The highest BCUT2D eigenvalue weighted by Gasteiger charge is 2.17. The average Bonchev–Trinajstić information content (AvgIpc) is 2.80. The number of rotatable bonds is 6. The van der Waals surface area contributed by atoms with E-state index in [0.717, 1.165) is 16.9 Å². The molecule has 32 heavy (non-hydrogen) atoms. The summed E-state index contributed by atoms with van der Waals surface area (Å²) in [5, 5.41) is 0.411. The summed E-state index contributed by atoms with van der Waals surface area (Å²) in [7, 11) is 0. The Labute approximate surface area is 185 Å². The number of nitrogens with one attached hydrogen (secondary N) is 2. The first-order valence-electron chi connectivity index (χ1n) is 10.5. The maximum absolute atomic E-state index is 13.2. The Morgan fingerprint density at radius 3 is 2.72 bits per heavy atom. The quantitative estimate of drug-likeness (QED) is 0.507. The minimum absolute atomic E-state index is 0.0179. The average molecular weight is 430 g/mol. The molecule has 4 rings (SSSR count). The van der Waals surface area contributed by atoms with E-state index in [4.69, 9.17) is 4.74 Å². The molecule has 162 valence electrons. The van der Waals surface area contributed by atoms with E-state index in [1.54, 1.807) is 42.7 Å². The third kappa shape index (κ3) is 4.37. The number of carbonyl (C=O) groups is 1. The van der Waals surface area contributed by atoms with E-state index in [0.29, 0.717) is 22.3 Å². The summed E-state index contributed by atoms with van der Waals surface area (Å²) in [5.74, 6) is 0.868. The molecule has 0 saturated heterocycles. The van der Waals surface area contributed by atoms with Crippen LogP contribution >= 0.6 is 0 Å². The summed E-state index contributed by atoms with van der Waals surface area (Å²) in [6.07, 6.45) is 3.26. The van der Waals surface area contributed by atoms with Gasteiger partial charge < -0.3 is 4.74 Å². The smallest absolute Gasteiger partial charge is 0.280 e. The van der Waals surface area contributed by atoms with Gasteiger partial charge in [-0.1, -0.05) is 43.7 Å². The van der Waals surface area contributed by atoms with Crippen molar-refractivity contribution in [1.29, 1.82) is 0 Å². The van der Waals surface area contributed by atoms with Crippen molar-refractivity contribution in [2.75, 3.05) is 5.43 Å². The lowest BCUT2D eigenvalue weighted by Gasteiger charge is -2.17. The van der Waals surface area contributed by atoms with Gasteiger partial charge in [0.15, 0.2) is 18.2 Å². The van der Waals surface area contributed by atoms with E-state index in [2.05, 4.69) is 35.3 Å². The molecule has 0 saturated carbocycles. The van der Waals surface area contributed by atoms with Crippen molar-refractivity contribution in [2.24, 2.45) is 0 Å². The lowest BCUT2D eigenvalue weighted by Crippen LogP contribution is -2.37. The molecule has 0 bridgehead atoms. The Balaban J connectivity index is 1.73. The number of hydrogen-bond acceptors (Lipinski definition) is 4. The number of aryl methyl sites for hydroxylation is 1. The molecule has 0 aliphatic carbocycles. The number of carbonyl (C=O) groups excluding carboxylic acids is 1. The van der Waals surface area contributed by atoms with Gasteiger partial charge in [-0.15, -0.1) is 0 Å². The summed E-state index contributed by atoms with van der Waals surface area (Å²) < 4.78 is 7.26. The fourth-order valence-corrected chi connectivity index (χ4v) is 3.48. The molecule has 2 N–H and O–H groups in total. The predicted molar refractivity (Wildman–Crippen MR) is 122 cm³/mol. The zero-order valence-electron chi connectivity index (χ0n) is 18.3. The number of fused-ring (bicyclic) bond motifs is 1. The number of nitrogens with zero attached hydrogens (tertiary/aromatic N) is 2. The van der Waals surface area contributed by atoms with Crippen LogP contribution in [0.2, 0.25) is 0 Å². The molecule has 0 aliphatic rings. The van der Waals surface area contributed by atoms with Crippen LogP contribution in [0.4, 0.5) is 0 Å². The van der Waals surface area contributed by atoms with Crippen LogP contribution in [0.15, 0.2) is 71.8 Å². The molecule has 4 aromatic rings. The summed E-state index contributed by atoms with van der Waals surface area (Å²) in [5.41, 5.74) is 5.46. The topological polar surface area (TPSA) is 87.4 Å². The Morgan fingerprint density at radius 1 is 1.16 bits per heavy atom. The molecular weight excluding hydrogens is 404 g/mol. The molecule has 7 nitrogen and oxygen atoms in total. The Hall–Kier alpha value is -4.00. The van der Waals surface area contributed by atoms with E-state index in [1.807, 2.05) is 25.1 Å². The Kier molecular flexibility index (Phi) is 5.98. The van der Waals surface area contributed by atoms with Crippen LogP contribution in [0, 0.1) is 6.92 Å². The number of para-hydroxylation sites is 1. The zero-order chi connectivity index (χ0) is 22.7. The van der Waals surface area contributed by atoms with E-state index in [9.17, 15) is 9.59 Å². The summed E-state index contributed by atoms with van der Waals surface area (Å²) in [6.45, 7) is 6.25. The van der Waals surface area contributed by atoms with Gasteiger partial charge in [0, 0.05) is 6.07 Å². The van der Waals surface area contributed by atoms with Gasteiger partial charge in [-0.3, -0.25) is 15.0 Å². The minimum atomic E-state index is -0.430. The Bertz CT molecular complexity index is 1330. The standard InChI is InChI=1S/C25H24N4O3/c1-16(2)20-13-17(3)10-11-22(20)32-15-23-27-21-9-5-4-8-19(21)25(31)29(23)28-24(30)18-7-6-12-26-14-18/h4-14,16H,15H2,1-3H3,(H,28,30)/p+1. The molecule has 2 aromatic carbocycles. The summed E-state index contributed by atoms with van der Waals surface area (Å²) in [6, 6.07) is 16.4. The lowest BCUT2D eigenvalue weighted by atomic mass is 10.00. The van der Waals surface area contributed by atoms with Crippen LogP contribution in [0.5, 0.6) is 5.75 Å². The molecular formula is C25H25N4O3+. The van der Waals surface area contributed by atoms with Gasteiger partial charge in [0.05, 0.1) is 10.9 Å². The van der Waals surface area contributed by atoms with Gasteiger partial charge in [-0.05, 0) is 42.7 Å². The van der Waals surface area contributed by atoms with E-state index >= 15 is 0 Å². The third-order valence-electron chi connectivity index (χ3n) is 5.17. The second-order valence-corrected chi connectivity index (χ2v) is 7.90. The number of aromatic nitrogens is 3. The molecule has 7 heteroatoms. The van der Waals surface area contributed by atoms with Crippen molar-refractivity contribution >= 4 is 16.8 Å². The number of pyridine rings is 1. The fourth-order valence-electron chi connectivity index (χ4n) is 3.48. The highest BCUT2D eigenvalue weighted by Crippen LogP contribution is 2.28. The van der Waals surface area contributed by atoms with Gasteiger partial charge in [-0.2, -0.15) is 4.68 Å². The summed E-state index contributed by atoms with van der Waals surface area (Å²) in [4.78, 5) is 33.4. The van der Waals surface area contributed by atoms with Crippen LogP contribution in [-0.4, -0.2) is 15.6 Å². The van der Waals surface area contributed by atoms with Crippen LogP contribution in [-0.2, 0) is 6.61 Å². The first-order chi connectivity index (χ1) is 15.4. The number of aromatic amines is 1. The molecule has 0 unspecified atom stereocenters. The SMILES string of the molecule is Cc1ccc(OCc2nc3ccccc3c(=O)n2NC(=O)c2ccc[nH+]c2)c(C(C)C)c1. The monoisotopic (exact) mass is 429 g/mol. The van der Waals surface area contributed by atoms with Gasteiger partial charge in [0.2, 0.25) is 0 Å². The molecule has 2 heterocycles. The number of ether oxygens (including phenoxy) is 1. The van der Waals surface area contributed by atoms with Crippen LogP contribution in [0.1, 0.15) is 47.1 Å². The van der Waals surface area contributed by atoms with E-state index < -0.39 is 5.91 Å². The number of amides is 1. The molecule has 1 amide bonds. The third-order valence-corrected chi connectivity index (χ3v) is 5.17. The maximum atomic E-state index is 13.2. The van der Waals surface area contributed by atoms with E-state index in [1.165, 1.54) is 4.68 Å². The number of benzene rings is 2. The van der Waals surface area contributed by atoms with Gasteiger partial charge in [0.25, 0.3) is 11.5 Å². The van der Waals surface area contributed by atoms with E-state index in [-0.39, 0.29) is 18.1 Å². The molecule has 0 atom stereocenters. The minimum Gasteiger partial charge on any atom is -0.485 e. The Morgan fingerprint density at radius 2 is 1.97 bits per heavy atom. The molecule has 0 fully saturated rings. The highest BCUT2D eigenvalue weighted by atomic mass is 16.5. The largest absolute Gasteiger partial charge is 0.485 e.